The van der Waals surface area contributed by atoms with Gasteiger partial charge in [-0.05, 0) is 18.6 Å². The molecule has 0 aromatic rings. The van der Waals surface area contributed by atoms with E-state index in [2.05, 4.69) is 23.1 Å². The van der Waals surface area contributed by atoms with E-state index in [1.54, 1.807) is 0 Å². The molecule has 3 N–H and O–H groups in total. The number of hydrogen-bond acceptors (Lipinski definition) is 2. The van der Waals surface area contributed by atoms with E-state index in [4.69, 9.17) is 12.2 Å². The van der Waals surface area contributed by atoms with Crippen LogP contribution in [0.4, 0.5) is 0 Å². The SMILES string of the molecule is CCCC1NNC(=S)N1. The molecule has 0 aliphatic carbocycles. The average molecular weight is 145 g/mol. The van der Waals surface area contributed by atoms with Crippen LogP contribution in [0.5, 0.6) is 0 Å². The molecular formula is C5H11N3S. The lowest BCUT2D eigenvalue weighted by atomic mass is 10.3. The minimum absolute atomic E-state index is 0.336. The predicted octanol–water partition coefficient (Wildman–Crippen LogP) is 0.0949. The van der Waals surface area contributed by atoms with Gasteiger partial charge < -0.3 is 5.32 Å². The molecule has 9 heavy (non-hydrogen) atoms. The Morgan fingerprint density at radius 1 is 1.67 bits per heavy atom. The lowest BCUT2D eigenvalue weighted by molar-refractivity contribution is 0.488. The average Bonchev–Trinajstić information content (AvgIpc) is 2.17. The summed E-state index contributed by atoms with van der Waals surface area (Å²) in [4.78, 5) is 0. The molecule has 4 heteroatoms. The normalized spacial score (nSPS) is 25.4. The lowest BCUT2D eigenvalue weighted by Crippen LogP contribution is -2.33. The van der Waals surface area contributed by atoms with Gasteiger partial charge in [0.2, 0.25) is 0 Å². The van der Waals surface area contributed by atoms with E-state index in [1.165, 1.54) is 0 Å². The molecule has 1 rings (SSSR count). The molecule has 1 fully saturated rings. The van der Waals surface area contributed by atoms with Crippen molar-refractivity contribution >= 4 is 17.3 Å². The van der Waals surface area contributed by atoms with Gasteiger partial charge in [0.1, 0.15) is 0 Å². The van der Waals surface area contributed by atoms with Gasteiger partial charge in [-0.15, -0.1) is 0 Å². The molecule has 3 nitrogen and oxygen atoms in total. The van der Waals surface area contributed by atoms with Crippen LogP contribution in [0.1, 0.15) is 19.8 Å². The minimum Gasteiger partial charge on any atom is -0.345 e. The number of hydrazine groups is 1. The van der Waals surface area contributed by atoms with Crippen molar-refractivity contribution in [2.45, 2.75) is 25.9 Å². The second kappa shape index (κ2) is 2.98. The molecular weight excluding hydrogens is 134 g/mol. The summed E-state index contributed by atoms with van der Waals surface area (Å²) in [5.41, 5.74) is 5.83. The summed E-state index contributed by atoms with van der Waals surface area (Å²) in [5.74, 6) is 0. The van der Waals surface area contributed by atoms with Crippen LogP contribution in [0, 0.1) is 0 Å². The number of nitrogens with one attached hydrogen (secondary N) is 3. The fraction of sp³-hybridized carbons (Fsp3) is 0.800. The van der Waals surface area contributed by atoms with Gasteiger partial charge in [0, 0.05) is 0 Å². The number of hydrogen-bond donors (Lipinski definition) is 3. The second-order valence-electron chi connectivity index (χ2n) is 2.08. The standard InChI is InChI=1S/C5H11N3S/c1-2-3-4-6-5(9)8-7-4/h4,7H,2-3H2,1H3,(H2,6,8,9). The second-order valence-corrected chi connectivity index (χ2v) is 2.49. The largest absolute Gasteiger partial charge is 0.345 e. The lowest BCUT2D eigenvalue weighted by Gasteiger charge is -2.05. The van der Waals surface area contributed by atoms with Crippen molar-refractivity contribution in [1.82, 2.24) is 16.2 Å². The van der Waals surface area contributed by atoms with E-state index < -0.39 is 0 Å². The van der Waals surface area contributed by atoms with Crippen LogP contribution in [0.3, 0.4) is 0 Å². The van der Waals surface area contributed by atoms with Crippen molar-refractivity contribution in [2.75, 3.05) is 0 Å². The molecule has 1 atom stereocenters. The van der Waals surface area contributed by atoms with Gasteiger partial charge in [-0.2, -0.15) is 0 Å². The van der Waals surface area contributed by atoms with E-state index in [1.807, 2.05) is 0 Å². The fourth-order valence-corrected chi connectivity index (χ4v) is 1.02. The van der Waals surface area contributed by atoms with Gasteiger partial charge >= 0.3 is 0 Å². The zero-order chi connectivity index (χ0) is 6.69. The maximum Gasteiger partial charge on any atom is 0.182 e. The third kappa shape index (κ3) is 1.80. The van der Waals surface area contributed by atoms with Gasteiger partial charge in [-0.3, -0.25) is 5.43 Å². The Labute approximate surface area is 60.2 Å². The molecule has 1 aliphatic rings. The summed E-state index contributed by atoms with van der Waals surface area (Å²) in [6.07, 6.45) is 2.60. The highest BCUT2D eigenvalue weighted by molar-refractivity contribution is 7.80. The monoisotopic (exact) mass is 145 g/mol. The van der Waals surface area contributed by atoms with E-state index in [0.29, 0.717) is 11.3 Å². The van der Waals surface area contributed by atoms with Crippen LogP contribution in [-0.4, -0.2) is 11.3 Å². The highest BCUT2D eigenvalue weighted by atomic mass is 32.1. The Balaban J connectivity index is 2.22. The van der Waals surface area contributed by atoms with Crippen molar-refractivity contribution in [3.63, 3.8) is 0 Å². The first kappa shape index (κ1) is 6.77. The third-order valence-corrected chi connectivity index (χ3v) is 1.46. The summed E-state index contributed by atoms with van der Waals surface area (Å²) in [5, 5.41) is 3.77. The fourth-order valence-electron chi connectivity index (χ4n) is 0.816. The highest BCUT2D eigenvalue weighted by Gasteiger charge is 2.13. The van der Waals surface area contributed by atoms with Gasteiger partial charge in [0.15, 0.2) is 5.11 Å². The molecule has 52 valence electrons. The molecule has 0 aromatic carbocycles. The number of thiocarbonyl (C=S) groups is 1. The minimum atomic E-state index is 0.336. The topological polar surface area (TPSA) is 36.1 Å². The van der Waals surface area contributed by atoms with E-state index >= 15 is 0 Å². The maximum absolute atomic E-state index is 4.83. The Hall–Kier alpha value is -0.350. The smallest absolute Gasteiger partial charge is 0.182 e. The van der Waals surface area contributed by atoms with Crippen LogP contribution in [0.25, 0.3) is 0 Å². The first-order valence-corrected chi connectivity index (χ1v) is 3.56. The summed E-state index contributed by atoms with van der Waals surface area (Å²) in [6.45, 7) is 2.14. The first-order chi connectivity index (χ1) is 4.33. The van der Waals surface area contributed by atoms with Gasteiger partial charge in [0.25, 0.3) is 0 Å². The van der Waals surface area contributed by atoms with Crippen molar-refractivity contribution in [1.29, 1.82) is 0 Å². The van der Waals surface area contributed by atoms with Gasteiger partial charge in [0.05, 0.1) is 6.17 Å². The summed E-state index contributed by atoms with van der Waals surface area (Å²) in [7, 11) is 0. The van der Waals surface area contributed by atoms with Crippen molar-refractivity contribution in [3.8, 4) is 0 Å². The molecule has 0 spiro atoms. The van der Waals surface area contributed by atoms with Crippen LogP contribution in [0.15, 0.2) is 0 Å². The summed E-state index contributed by atoms with van der Waals surface area (Å²) >= 11 is 4.83. The van der Waals surface area contributed by atoms with E-state index in [9.17, 15) is 0 Å². The van der Waals surface area contributed by atoms with E-state index in [0.717, 1.165) is 12.8 Å². The molecule has 0 saturated carbocycles. The molecule has 0 amide bonds. The zero-order valence-electron chi connectivity index (χ0n) is 5.40. The predicted molar refractivity (Wildman–Crippen MR) is 40.7 cm³/mol. The van der Waals surface area contributed by atoms with Gasteiger partial charge in [-0.25, -0.2) is 5.43 Å². The highest BCUT2D eigenvalue weighted by Crippen LogP contribution is 1.94. The molecule has 1 unspecified atom stereocenters. The molecule has 1 heterocycles. The van der Waals surface area contributed by atoms with Crippen LogP contribution < -0.4 is 16.2 Å². The Morgan fingerprint density at radius 2 is 2.44 bits per heavy atom. The Bertz CT molecular complexity index is 115. The zero-order valence-corrected chi connectivity index (χ0v) is 6.22. The van der Waals surface area contributed by atoms with Crippen molar-refractivity contribution in [3.05, 3.63) is 0 Å². The van der Waals surface area contributed by atoms with Crippen molar-refractivity contribution < 1.29 is 0 Å². The van der Waals surface area contributed by atoms with Crippen LogP contribution >= 0.6 is 12.2 Å². The molecule has 1 aliphatic heterocycles. The summed E-state index contributed by atoms with van der Waals surface area (Å²) in [6, 6.07) is 0. The van der Waals surface area contributed by atoms with Crippen LogP contribution in [0.2, 0.25) is 0 Å². The maximum atomic E-state index is 4.83. The molecule has 0 aromatic heterocycles. The first-order valence-electron chi connectivity index (χ1n) is 3.15. The van der Waals surface area contributed by atoms with Gasteiger partial charge in [-0.1, -0.05) is 13.3 Å². The molecule has 0 bridgehead atoms. The number of rotatable bonds is 2. The molecule has 1 saturated heterocycles. The van der Waals surface area contributed by atoms with Crippen molar-refractivity contribution in [2.24, 2.45) is 0 Å². The Morgan fingerprint density at radius 3 is 2.89 bits per heavy atom. The van der Waals surface area contributed by atoms with Crippen LogP contribution in [-0.2, 0) is 0 Å². The third-order valence-electron chi connectivity index (χ3n) is 1.24. The quantitative estimate of drug-likeness (QED) is 0.481. The van der Waals surface area contributed by atoms with E-state index in [-0.39, 0.29) is 0 Å². The Kier molecular flexibility index (Phi) is 2.24. The molecule has 0 radical (unpaired) electrons. The summed E-state index contributed by atoms with van der Waals surface area (Å²) < 4.78 is 0.